The molecular formula is C32H38NSi+. The fourth-order valence-corrected chi connectivity index (χ4v) is 8.32. The van der Waals surface area contributed by atoms with Crippen molar-refractivity contribution in [3.63, 3.8) is 0 Å². The molecule has 1 aromatic heterocycles. The third-order valence-electron chi connectivity index (χ3n) is 8.40. The van der Waals surface area contributed by atoms with E-state index >= 15 is 0 Å². The van der Waals surface area contributed by atoms with Crippen molar-refractivity contribution in [3.8, 4) is 22.4 Å². The Morgan fingerprint density at radius 2 is 1.50 bits per heavy atom. The van der Waals surface area contributed by atoms with Gasteiger partial charge in [0.2, 0.25) is 5.69 Å². The molecule has 1 nitrogen and oxygen atoms in total. The summed E-state index contributed by atoms with van der Waals surface area (Å²) in [6, 6.07) is 28.1. The summed E-state index contributed by atoms with van der Waals surface area (Å²) in [5, 5.41) is 2.74. The molecule has 1 aliphatic rings. The monoisotopic (exact) mass is 464 g/mol. The number of fused-ring (bicyclic) bond motifs is 1. The number of aryl methyl sites for hydroxylation is 2. The normalized spacial score (nSPS) is 16.2. The van der Waals surface area contributed by atoms with Crippen LogP contribution in [0.15, 0.2) is 66.7 Å². The van der Waals surface area contributed by atoms with Gasteiger partial charge in [-0.2, -0.15) is 4.57 Å². The second-order valence-electron chi connectivity index (χ2n) is 11.3. The lowest BCUT2D eigenvalue weighted by molar-refractivity contribution is -0.665. The Labute approximate surface area is 206 Å². The lowest BCUT2D eigenvalue weighted by Crippen LogP contribution is -2.35. The molecule has 2 heteroatoms. The Morgan fingerprint density at radius 1 is 0.794 bits per heavy atom. The smallest absolute Gasteiger partial charge is 0.198 e. The molecule has 0 N–H and O–H groups in total. The fraction of sp³-hybridized carbons (Fsp3) is 0.344. The SMILES string of the molecule is Cc1cc(-c2ccccc2)cc(-c2c3ccc(C4CC[Si](C)(C)CC4)cc3cc(C)[n+]2C)c1C. The minimum absolute atomic E-state index is 0.730. The van der Waals surface area contributed by atoms with Crippen molar-refractivity contribution in [1.29, 1.82) is 0 Å². The van der Waals surface area contributed by atoms with E-state index in [9.17, 15) is 0 Å². The first-order chi connectivity index (χ1) is 16.2. The molecule has 1 aliphatic heterocycles. The van der Waals surface area contributed by atoms with E-state index < -0.39 is 8.07 Å². The van der Waals surface area contributed by atoms with Crippen LogP contribution in [0.3, 0.4) is 0 Å². The van der Waals surface area contributed by atoms with E-state index in [1.54, 1.807) is 5.56 Å². The first-order valence-corrected chi connectivity index (χ1v) is 16.3. The third-order valence-corrected chi connectivity index (χ3v) is 11.7. The van der Waals surface area contributed by atoms with E-state index in [1.165, 1.54) is 74.9 Å². The van der Waals surface area contributed by atoms with Crippen LogP contribution in [-0.4, -0.2) is 8.07 Å². The van der Waals surface area contributed by atoms with E-state index in [2.05, 4.69) is 112 Å². The molecule has 0 aliphatic carbocycles. The van der Waals surface area contributed by atoms with Gasteiger partial charge in [-0.1, -0.05) is 73.7 Å². The predicted octanol–water partition coefficient (Wildman–Crippen LogP) is 8.51. The number of hydrogen-bond donors (Lipinski definition) is 0. The van der Waals surface area contributed by atoms with E-state index in [0.29, 0.717) is 0 Å². The number of benzene rings is 3. The van der Waals surface area contributed by atoms with Crippen LogP contribution < -0.4 is 4.57 Å². The molecule has 0 saturated carbocycles. The largest absolute Gasteiger partial charge is 0.220 e. The van der Waals surface area contributed by atoms with Crippen LogP contribution >= 0.6 is 0 Å². The molecule has 0 bridgehead atoms. The summed E-state index contributed by atoms with van der Waals surface area (Å²) in [5.74, 6) is 0.730. The van der Waals surface area contributed by atoms with Gasteiger partial charge in [0.1, 0.15) is 7.05 Å². The van der Waals surface area contributed by atoms with Gasteiger partial charge >= 0.3 is 0 Å². The summed E-state index contributed by atoms with van der Waals surface area (Å²) in [6.45, 7) is 11.9. The number of hydrogen-bond acceptors (Lipinski definition) is 0. The number of pyridine rings is 1. The summed E-state index contributed by atoms with van der Waals surface area (Å²) >= 11 is 0. The average molecular weight is 465 g/mol. The molecule has 0 spiro atoms. The third kappa shape index (κ3) is 4.25. The van der Waals surface area contributed by atoms with Gasteiger partial charge < -0.3 is 0 Å². The molecule has 0 radical (unpaired) electrons. The Hall–Kier alpha value is -2.71. The molecular weight excluding hydrogens is 426 g/mol. The van der Waals surface area contributed by atoms with Gasteiger partial charge in [0.05, 0.1) is 10.9 Å². The number of rotatable bonds is 3. The summed E-state index contributed by atoms with van der Waals surface area (Å²) < 4.78 is 2.38. The van der Waals surface area contributed by atoms with E-state index in [1.807, 2.05) is 0 Å². The van der Waals surface area contributed by atoms with Crippen molar-refractivity contribution >= 4 is 18.8 Å². The second kappa shape index (κ2) is 8.81. The second-order valence-corrected chi connectivity index (χ2v) is 16.6. The first kappa shape index (κ1) is 23.0. The molecule has 0 atom stereocenters. The van der Waals surface area contributed by atoms with Crippen LogP contribution in [0.1, 0.15) is 41.1 Å². The zero-order valence-corrected chi connectivity index (χ0v) is 22.7. The van der Waals surface area contributed by atoms with E-state index in [0.717, 1.165) is 5.92 Å². The van der Waals surface area contributed by atoms with Crippen molar-refractivity contribution in [1.82, 2.24) is 0 Å². The zero-order chi connectivity index (χ0) is 24.0. The highest BCUT2D eigenvalue weighted by molar-refractivity contribution is 6.77. The van der Waals surface area contributed by atoms with Gasteiger partial charge in [0.15, 0.2) is 5.69 Å². The standard InChI is InChI=1S/C32H38NSi/c1-22-18-28(25-10-8-7-9-11-25)21-31(24(22)3)32-30-13-12-27(20-29(30)19-23(2)33(32)4)26-14-16-34(5,6)17-15-26/h7-13,18-21,26H,14-17H2,1-6H3/q+1. The first-order valence-electron chi connectivity index (χ1n) is 12.8. The fourth-order valence-electron chi connectivity index (χ4n) is 5.81. The van der Waals surface area contributed by atoms with E-state index in [-0.39, 0.29) is 0 Å². The Balaban J connectivity index is 1.66. The Bertz CT molecular complexity index is 1360. The van der Waals surface area contributed by atoms with Crippen LogP contribution in [0.4, 0.5) is 0 Å². The van der Waals surface area contributed by atoms with E-state index in [4.69, 9.17) is 0 Å². The highest BCUT2D eigenvalue weighted by atomic mass is 28.3. The van der Waals surface area contributed by atoms with Crippen molar-refractivity contribution < 1.29 is 4.57 Å². The van der Waals surface area contributed by atoms with Crippen LogP contribution in [0.25, 0.3) is 33.2 Å². The zero-order valence-electron chi connectivity index (χ0n) is 21.7. The van der Waals surface area contributed by atoms with Crippen molar-refractivity contribution in [3.05, 3.63) is 89.1 Å². The maximum atomic E-state index is 2.56. The van der Waals surface area contributed by atoms with Gasteiger partial charge in [-0.3, -0.25) is 0 Å². The summed E-state index contributed by atoms with van der Waals surface area (Å²) in [5.41, 5.74) is 10.8. The maximum Gasteiger partial charge on any atom is 0.220 e. The lowest BCUT2D eigenvalue weighted by Gasteiger charge is -2.33. The van der Waals surface area contributed by atoms with Crippen molar-refractivity contribution in [2.24, 2.45) is 7.05 Å². The van der Waals surface area contributed by atoms with Crippen LogP contribution in [-0.2, 0) is 7.05 Å². The van der Waals surface area contributed by atoms with Crippen LogP contribution in [0.5, 0.6) is 0 Å². The molecule has 0 unspecified atom stereocenters. The number of nitrogens with zero attached hydrogens (tertiary/aromatic N) is 1. The van der Waals surface area contributed by atoms with Gasteiger partial charge in [-0.15, -0.1) is 0 Å². The van der Waals surface area contributed by atoms with Gasteiger partial charge in [0, 0.05) is 21.1 Å². The lowest BCUT2D eigenvalue weighted by atomic mass is 9.89. The molecule has 3 aromatic carbocycles. The minimum Gasteiger partial charge on any atom is -0.198 e. The quantitative estimate of drug-likeness (QED) is 0.211. The number of aromatic nitrogens is 1. The highest BCUT2D eigenvalue weighted by Gasteiger charge is 2.30. The summed E-state index contributed by atoms with van der Waals surface area (Å²) in [4.78, 5) is 0. The summed E-state index contributed by atoms with van der Waals surface area (Å²) in [7, 11) is 1.28. The Morgan fingerprint density at radius 3 is 2.21 bits per heavy atom. The summed E-state index contributed by atoms with van der Waals surface area (Å²) in [6.07, 6.45) is 2.74. The molecule has 0 amide bonds. The molecule has 5 rings (SSSR count). The molecule has 34 heavy (non-hydrogen) atoms. The molecule has 174 valence electrons. The van der Waals surface area contributed by atoms with Gasteiger partial charge in [-0.25, -0.2) is 0 Å². The molecule has 2 heterocycles. The van der Waals surface area contributed by atoms with Crippen molar-refractivity contribution in [2.45, 2.75) is 64.7 Å². The molecule has 4 aromatic rings. The maximum absolute atomic E-state index is 2.56. The predicted molar refractivity (Wildman–Crippen MR) is 149 cm³/mol. The average Bonchev–Trinajstić information content (AvgIpc) is 2.82. The highest BCUT2D eigenvalue weighted by Crippen LogP contribution is 2.40. The van der Waals surface area contributed by atoms with Crippen LogP contribution in [0, 0.1) is 20.8 Å². The van der Waals surface area contributed by atoms with Crippen molar-refractivity contribution in [2.75, 3.05) is 0 Å². The van der Waals surface area contributed by atoms with Gasteiger partial charge in [-0.05, 0) is 77.9 Å². The molecule has 1 saturated heterocycles. The topological polar surface area (TPSA) is 3.88 Å². The molecule has 1 fully saturated rings. The van der Waals surface area contributed by atoms with Gasteiger partial charge in [0.25, 0.3) is 0 Å². The Kier molecular flexibility index (Phi) is 5.98. The van der Waals surface area contributed by atoms with Crippen LogP contribution in [0.2, 0.25) is 25.2 Å². The minimum atomic E-state index is -0.937.